The maximum absolute atomic E-state index is 4.24. The molecule has 1 heterocycles. The quantitative estimate of drug-likeness (QED) is 0.780. The zero-order chi connectivity index (χ0) is 13.0. The molecule has 1 atom stereocenters. The lowest BCUT2D eigenvalue weighted by molar-refractivity contribution is 0.777. The van der Waals surface area contributed by atoms with Gasteiger partial charge < -0.3 is 0 Å². The first kappa shape index (κ1) is 13.3. The number of rotatable bonds is 5. The van der Waals surface area contributed by atoms with Crippen LogP contribution in [0.2, 0.25) is 0 Å². The number of alkyl halides is 1. The van der Waals surface area contributed by atoms with Crippen LogP contribution in [-0.4, -0.2) is 15.0 Å². The average Bonchev–Trinajstić information content (AvgIpc) is 2.88. The number of aromatic nitrogens is 3. The molecule has 2 rings (SSSR count). The Morgan fingerprint density at radius 2 is 2.06 bits per heavy atom. The van der Waals surface area contributed by atoms with Crippen molar-refractivity contribution in [2.45, 2.75) is 37.9 Å². The van der Waals surface area contributed by atoms with Gasteiger partial charge in [0.1, 0.15) is 0 Å². The molecule has 1 unspecified atom stereocenters. The molecule has 0 aliphatic carbocycles. The first-order valence-electron chi connectivity index (χ1n) is 6.40. The Hall–Kier alpha value is -1.16. The predicted molar refractivity (Wildman–Crippen MR) is 77.3 cm³/mol. The van der Waals surface area contributed by atoms with Crippen molar-refractivity contribution in [3.8, 4) is 5.69 Å². The van der Waals surface area contributed by atoms with Gasteiger partial charge in [0.05, 0.1) is 22.4 Å². The monoisotopic (exact) mass is 307 g/mol. The van der Waals surface area contributed by atoms with E-state index in [1.807, 2.05) is 16.9 Å². The first-order chi connectivity index (χ1) is 8.76. The summed E-state index contributed by atoms with van der Waals surface area (Å²) < 4.78 is 1.88. The van der Waals surface area contributed by atoms with Gasteiger partial charge in [-0.05, 0) is 24.5 Å². The number of aryl methyl sites for hydroxylation is 1. The van der Waals surface area contributed by atoms with Crippen molar-refractivity contribution >= 4 is 15.9 Å². The summed E-state index contributed by atoms with van der Waals surface area (Å²) in [5.74, 6) is 0. The average molecular weight is 308 g/mol. The molecular formula is C14H18BrN3. The maximum atomic E-state index is 4.24. The minimum absolute atomic E-state index is 0.282. The molecule has 0 saturated heterocycles. The van der Waals surface area contributed by atoms with E-state index in [0.29, 0.717) is 0 Å². The molecule has 0 spiro atoms. The molecule has 0 fully saturated rings. The molecule has 3 nitrogen and oxygen atoms in total. The van der Waals surface area contributed by atoms with Gasteiger partial charge in [0.25, 0.3) is 0 Å². The third kappa shape index (κ3) is 2.80. The third-order valence-electron chi connectivity index (χ3n) is 2.95. The van der Waals surface area contributed by atoms with E-state index in [2.05, 4.69) is 58.3 Å². The summed E-state index contributed by atoms with van der Waals surface area (Å²) in [7, 11) is 0. The van der Waals surface area contributed by atoms with Crippen molar-refractivity contribution in [3.63, 3.8) is 0 Å². The second kappa shape index (κ2) is 6.14. The van der Waals surface area contributed by atoms with Crippen LogP contribution in [0.5, 0.6) is 0 Å². The van der Waals surface area contributed by atoms with Crippen molar-refractivity contribution in [2.24, 2.45) is 0 Å². The minimum Gasteiger partial charge on any atom is -0.220 e. The van der Waals surface area contributed by atoms with E-state index in [1.165, 1.54) is 5.56 Å². The fourth-order valence-electron chi connectivity index (χ4n) is 1.96. The fraction of sp³-hybridized carbons (Fsp3) is 0.429. The van der Waals surface area contributed by atoms with E-state index >= 15 is 0 Å². The summed E-state index contributed by atoms with van der Waals surface area (Å²) in [4.78, 5) is 0.282. The Morgan fingerprint density at radius 1 is 1.28 bits per heavy atom. The predicted octanol–water partition coefficient (Wildman–Crippen LogP) is 4.07. The Kier molecular flexibility index (Phi) is 4.53. The summed E-state index contributed by atoms with van der Waals surface area (Å²) in [6, 6.07) is 8.37. The number of halogens is 1. The van der Waals surface area contributed by atoms with Crippen molar-refractivity contribution in [3.05, 3.63) is 41.7 Å². The molecule has 0 bridgehead atoms. The number of benzene rings is 1. The van der Waals surface area contributed by atoms with Gasteiger partial charge >= 0.3 is 0 Å². The number of hydrogen-bond donors (Lipinski definition) is 0. The molecule has 0 amide bonds. The van der Waals surface area contributed by atoms with Gasteiger partial charge in [0.15, 0.2) is 0 Å². The van der Waals surface area contributed by atoms with E-state index in [4.69, 9.17) is 0 Å². The topological polar surface area (TPSA) is 30.7 Å². The zero-order valence-corrected chi connectivity index (χ0v) is 12.4. The summed E-state index contributed by atoms with van der Waals surface area (Å²) >= 11 is 3.60. The molecule has 0 saturated carbocycles. The molecule has 18 heavy (non-hydrogen) atoms. The second-order valence-corrected chi connectivity index (χ2v) is 5.45. The minimum atomic E-state index is 0.282. The summed E-state index contributed by atoms with van der Waals surface area (Å²) in [6.45, 7) is 4.32. The second-order valence-electron chi connectivity index (χ2n) is 4.34. The van der Waals surface area contributed by atoms with Gasteiger partial charge in [-0.3, -0.25) is 0 Å². The van der Waals surface area contributed by atoms with Crippen LogP contribution in [0.1, 0.15) is 42.8 Å². The molecule has 1 aromatic carbocycles. The smallest absolute Gasteiger partial charge is 0.0967 e. The standard InChI is InChI=1S/C14H18BrN3/c1-3-7-11-8-5-6-9-14(11)18-10-13(16-17-18)12(15)4-2/h5-6,8-10,12H,3-4,7H2,1-2H3. The lowest BCUT2D eigenvalue weighted by Gasteiger charge is -2.07. The Bertz CT molecular complexity index is 507. The van der Waals surface area contributed by atoms with Gasteiger partial charge in [-0.25, -0.2) is 4.68 Å². The van der Waals surface area contributed by atoms with Gasteiger partial charge in [0, 0.05) is 0 Å². The third-order valence-corrected chi connectivity index (χ3v) is 4.06. The van der Waals surface area contributed by atoms with Crippen LogP contribution in [0.25, 0.3) is 5.69 Å². The van der Waals surface area contributed by atoms with Crippen molar-refractivity contribution in [1.29, 1.82) is 0 Å². The van der Waals surface area contributed by atoms with Crippen LogP contribution in [0.3, 0.4) is 0 Å². The summed E-state index contributed by atoms with van der Waals surface area (Å²) in [5, 5.41) is 8.47. The Balaban J connectivity index is 2.33. The molecule has 96 valence electrons. The molecule has 0 aliphatic rings. The van der Waals surface area contributed by atoms with Crippen LogP contribution in [0, 0.1) is 0 Å². The lowest BCUT2D eigenvalue weighted by atomic mass is 10.1. The lowest BCUT2D eigenvalue weighted by Crippen LogP contribution is -2.00. The highest BCUT2D eigenvalue weighted by Crippen LogP contribution is 2.24. The van der Waals surface area contributed by atoms with Crippen molar-refractivity contribution < 1.29 is 0 Å². The number of hydrogen-bond acceptors (Lipinski definition) is 2. The fourth-order valence-corrected chi connectivity index (χ4v) is 2.17. The molecular weight excluding hydrogens is 290 g/mol. The highest BCUT2D eigenvalue weighted by atomic mass is 79.9. The van der Waals surface area contributed by atoms with E-state index in [9.17, 15) is 0 Å². The molecule has 2 aromatic rings. The SMILES string of the molecule is CCCc1ccccc1-n1cc(C(Br)CC)nn1. The van der Waals surface area contributed by atoms with Gasteiger partial charge in [-0.15, -0.1) is 5.10 Å². The van der Waals surface area contributed by atoms with E-state index in [1.54, 1.807) is 0 Å². The maximum Gasteiger partial charge on any atom is 0.0967 e. The van der Waals surface area contributed by atoms with Crippen LogP contribution >= 0.6 is 15.9 Å². The zero-order valence-electron chi connectivity index (χ0n) is 10.8. The normalized spacial score (nSPS) is 12.6. The van der Waals surface area contributed by atoms with Crippen LogP contribution in [0.15, 0.2) is 30.5 Å². The first-order valence-corrected chi connectivity index (χ1v) is 7.32. The molecule has 4 heteroatoms. The van der Waals surface area contributed by atoms with Crippen LogP contribution < -0.4 is 0 Å². The number of nitrogens with zero attached hydrogens (tertiary/aromatic N) is 3. The summed E-state index contributed by atoms with van der Waals surface area (Å²) in [6.07, 6.45) is 5.22. The van der Waals surface area contributed by atoms with E-state index in [-0.39, 0.29) is 4.83 Å². The van der Waals surface area contributed by atoms with Crippen LogP contribution in [0.4, 0.5) is 0 Å². The highest BCUT2D eigenvalue weighted by molar-refractivity contribution is 9.09. The highest BCUT2D eigenvalue weighted by Gasteiger charge is 2.11. The Labute approximate surface area is 116 Å². The molecule has 0 radical (unpaired) electrons. The van der Waals surface area contributed by atoms with Gasteiger partial charge in [0.2, 0.25) is 0 Å². The summed E-state index contributed by atoms with van der Waals surface area (Å²) in [5.41, 5.74) is 3.44. The van der Waals surface area contributed by atoms with Gasteiger partial charge in [-0.2, -0.15) is 0 Å². The van der Waals surface area contributed by atoms with Crippen LogP contribution in [-0.2, 0) is 6.42 Å². The number of para-hydroxylation sites is 1. The van der Waals surface area contributed by atoms with E-state index in [0.717, 1.165) is 30.6 Å². The Morgan fingerprint density at radius 3 is 2.78 bits per heavy atom. The molecule has 0 aliphatic heterocycles. The molecule has 0 N–H and O–H groups in total. The van der Waals surface area contributed by atoms with Gasteiger partial charge in [-0.1, -0.05) is 59.6 Å². The van der Waals surface area contributed by atoms with Crippen molar-refractivity contribution in [2.75, 3.05) is 0 Å². The molecule has 1 aromatic heterocycles. The van der Waals surface area contributed by atoms with Crippen molar-refractivity contribution in [1.82, 2.24) is 15.0 Å². The van der Waals surface area contributed by atoms with E-state index < -0.39 is 0 Å². The largest absolute Gasteiger partial charge is 0.220 e.